The first-order chi connectivity index (χ1) is 6.90. The Balaban J connectivity index is 2.62. The number of rotatable bonds is 4. The molecule has 0 atom stereocenters. The van der Waals surface area contributed by atoms with Crippen LogP contribution in [0.3, 0.4) is 0 Å². The van der Waals surface area contributed by atoms with Crippen LogP contribution in [0.4, 0.5) is 11.4 Å². The molecule has 0 heterocycles. The van der Waals surface area contributed by atoms with Crippen molar-refractivity contribution in [3.05, 3.63) is 23.2 Å². The molecule has 0 amide bonds. The minimum absolute atomic E-state index is 0.0684. The molecule has 0 aliphatic carbocycles. The van der Waals surface area contributed by atoms with E-state index in [4.69, 9.17) is 17.3 Å². The molecule has 1 rings (SSSR count). The van der Waals surface area contributed by atoms with Gasteiger partial charge in [0.05, 0.1) is 22.2 Å². The minimum Gasteiger partial charge on any atom is -0.396 e. The lowest BCUT2D eigenvalue weighted by molar-refractivity contribution is 0.602. The summed E-state index contributed by atoms with van der Waals surface area (Å²) in [7, 11) is -2.95. The minimum atomic E-state index is -2.95. The summed E-state index contributed by atoms with van der Waals surface area (Å²) in [4.78, 5) is 0. The highest BCUT2D eigenvalue weighted by Crippen LogP contribution is 2.26. The van der Waals surface area contributed by atoms with Crippen LogP contribution in [-0.2, 0) is 9.84 Å². The maximum atomic E-state index is 10.9. The summed E-state index contributed by atoms with van der Waals surface area (Å²) in [5.74, 6) is 0.0684. The molecule has 0 unspecified atom stereocenters. The second kappa shape index (κ2) is 4.72. The van der Waals surface area contributed by atoms with Gasteiger partial charge in [0.2, 0.25) is 0 Å². The Labute approximate surface area is 94.3 Å². The van der Waals surface area contributed by atoms with E-state index in [1.54, 1.807) is 18.2 Å². The maximum Gasteiger partial charge on any atom is 0.149 e. The predicted molar refractivity (Wildman–Crippen MR) is 64.1 cm³/mol. The Hall–Kier alpha value is -0.940. The molecule has 84 valence electrons. The first kappa shape index (κ1) is 12.1. The van der Waals surface area contributed by atoms with Crippen molar-refractivity contribution in [3.8, 4) is 0 Å². The highest BCUT2D eigenvalue weighted by molar-refractivity contribution is 7.90. The third-order valence-corrected chi connectivity index (χ3v) is 3.12. The van der Waals surface area contributed by atoms with Crippen LogP contribution in [0.25, 0.3) is 0 Å². The number of anilines is 2. The number of hydrogen-bond donors (Lipinski definition) is 2. The van der Waals surface area contributed by atoms with Crippen LogP contribution in [0.5, 0.6) is 0 Å². The van der Waals surface area contributed by atoms with E-state index in [2.05, 4.69) is 5.32 Å². The zero-order valence-corrected chi connectivity index (χ0v) is 9.90. The van der Waals surface area contributed by atoms with Crippen LogP contribution in [0.2, 0.25) is 5.02 Å². The number of nitrogens with two attached hydrogens (primary N) is 1. The van der Waals surface area contributed by atoms with Crippen molar-refractivity contribution in [1.82, 2.24) is 0 Å². The monoisotopic (exact) mass is 248 g/mol. The molecule has 0 saturated heterocycles. The van der Waals surface area contributed by atoms with Crippen LogP contribution in [0.1, 0.15) is 0 Å². The molecular weight excluding hydrogens is 236 g/mol. The van der Waals surface area contributed by atoms with Gasteiger partial charge >= 0.3 is 0 Å². The molecule has 3 N–H and O–H groups in total. The standard InChI is InChI=1S/C9H13ClN2O2S/c1-15(13,14)6-5-12-8-4-2-3-7(10)9(8)11/h2-4,12H,5-6,11H2,1H3. The quantitative estimate of drug-likeness (QED) is 0.790. The normalized spacial score (nSPS) is 11.3. The molecule has 0 bridgehead atoms. The summed E-state index contributed by atoms with van der Waals surface area (Å²) in [6.45, 7) is 0.323. The molecule has 0 spiro atoms. The zero-order chi connectivity index (χ0) is 11.5. The summed E-state index contributed by atoms with van der Waals surface area (Å²) in [5, 5.41) is 3.38. The van der Waals surface area contributed by atoms with Gasteiger partial charge in [0, 0.05) is 12.8 Å². The van der Waals surface area contributed by atoms with Crippen molar-refractivity contribution in [2.75, 3.05) is 29.6 Å². The average Bonchev–Trinajstić information content (AvgIpc) is 2.10. The van der Waals surface area contributed by atoms with Gasteiger partial charge in [-0.05, 0) is 12.1 Å². The fourth-order valence-electron chi connectivity index (χ4n) is 1.06. The number of benzene rings is 1. The van der Waals surface area contributed by atoms with E-state index in [0.29, 0.717) is 22.9 Å². The molecule has 0 saturated carbocycles. The third-order valence-electron chi connectivity index (χ3n) is 1.84. The Morgan fingerprint density at radius 1 is 1.47 bits per heavy atom. The number of nitrogens with one attached hydrogen (secondary N) is 1. The molecule has 0 fully saturated rings. The zero-order valence-electron chi connectivity index (χ0n) is 8.33. The lowest BCUT2D eigenvalue weighted by Crippen LogP contribution is -2.14. The molecule has 1 aromatic rings. The first-order valence-electron chi connectivity index (χ1n) is 4.36. The Morgan fingerprint density at radius 2 is 2.13 bits per heavy atom. The molecule has 15 heavy (non-hydrogen) atoms. The van der Waals surface area contributed by atoms with Crippen LogP contribution >= 0.6 is 11.6 Å². The second-order valence-corrected chi connectivity index (χ2v) is 5.92. The number of para-hydroxylation sites is 1. The summed E-state index contributed by atoms with van der Waals surface area (Å²) in [6.07, 6.45) is 1.19. The van der Waals surface area contributed by atoms with E-state index in [9.17, 15) is 8.42 Å². The van der Waals surface area contributed by atoms with Gasteiger partial charge in [0.25, 0.3) is 0 Å². The number of nitrogen functional groups attached to an aromatic ring is 1. The van der Waals surface area contributed by atoms with Crippen molar-refractivity contribution < 1.29 is 8.42 Å². The Bertz CT molecular complexity index is 445. The van der Waals surface area contributed by atoms with E-state index in [1.165, 1.54) is 6.26 Å². The fourth-order valence-corrected chi connectivity index (χ4v) is 1.71. The lowest BCUT2D eigenvalue weighted by Gasteiger charge is -2.09. The van der Waals surface area contributed by atoms with E-state index in [0.717, 1.165) is 0 Å². The second-order valence-electron chi connectivity index (χ2n) is 3.26. The number of sulfone groups is 1. The van der Waals surface area contributed by atoms with E-state index in [1.807, 2.05) is 0 Å². The van der Waals surface area contributed by atoms with E-state index < -0.39 is 9.84 Å². The summed E-state index contributed by atoms with van der Waals surface area (Å²) < 4.78 is 21.8. The van der Waals surface area contributed by atoms with Gasteiger partial charge in [-0.3, -0.25) is 0 Å². The Kier molecular flexibility index (Phi) is 3.82. The van der Waals surface area contributed by atoms with Gasteiger partial charge in [0.1, 0.15) is 9.84 Å². The maximum absolute atomic E-state index is 10.9. The van der Waals surface area contributed by atoms with Crippen molar-refractivity contribution in [2.45, 2.75) is 0 Å². The van der Waals surface area contributed by atoms with Gasteiger partial charge in [-0.1, -0.05) is 17.7 Å². The lowest BCUT2D eigenvalue weighted by atomic mass is 10.2. The average molecular weight is 249 g/mol. The molecule has 0 aliphatic heterocycles. The summed E-state index contributed by atoms with van der Waals surface area (Å²) in [5.41, 5.74) is 6.78. The van der Waals surface area contributed by atoms with Crippen molar-refractivity contribution in [3.63, 3.8) is 0 Å². The van der Waals surface area contributed by atoms with Crippen molar-refractivity contribution in [2.24, 2.45) is 0 Å². The van der Waals surface area contributed by atoms with Gasteiger partial charge in [-0.15, -0.1) is 0 Å². The predicted octanol–water partition coefficient (Wildman–Crippen LogP) is 1.38. The molecule has 0 aliphatic rings. The summed E-state index contributed by atoms with van der Waals surface area (Å²) in [6, 6.07) is 5.18. The first-order valence-corrected chi connectivity index (χ1v) is 6.79. The van der Waals surface area contributed by atoms with Gasteiger partial charge in [-0.25, -0.2) is 8.42 Å². The van der Waals surface area contributed by atoms with Crippen LogP contribution < -0.4 is 11.1 Å². The molecule has 6 heteroatoms. The van der Waals surface area contributed by atoms with Gasteiger partial charge in [0.15, 0.2) is 0 Å². The van der Waals surface area contributed by atoms with Crippen molar-refractivity contribution >= 4 is 32.8 Å². The van der Waals surface area contributed by atoms with Gasteiger partial charge in [-0.2, -0.15) is 0 Å². The van der Waals surface area contributed by atoms with Crippen LogP contribution in [0.15, 0.2) is 18.2 Å². The Morgan fingerprint density at radius 3 is 2.73 bits per heavy atom. The smallest absolute Gasteiger partial charge is 0.149 e. The fraction of sp³-hybridized carbons (Fsp3) is 0.333. The number of halogens is 1. The summed E-state index contributed by atoms with van der Waals surface area (Å²) >= 11 is 5.80. The SMILES string of the molecule is CS(=O)(=O)CCNc1cccc(Cl)c1N. The number of hydrogen-bond acceptors (Lipinski definition) is 4. The van der Waals surface area contributed by atoms with Crippen molar-refractivity contribution in [1.29, 1.82) is 0 Å². The van der Waals surface area contributed by atoms with Crippen LogP contribution in [-0.4, -0.2) is 27.0 Å². The van der Waals surface area contributed by atoms with E-state index in [-0.39, 0.29) is 5.75 Å². The molecule has 1 aromatic carbocycles. The highest BCUT2D eigenvalue weighted by atomic mass is 35.5. The molecule has 4 nitrogen and oxygen atoms in total. The molecule has 0 aromatic heterocycles. The van der Waals surface area contributed by atoms with Gasteiger partial charge < -0.3 is 11.1 Å². The molecule has 0 radical (unpaired) electrons. The third kappa shape index (κ3) is 3.97. The largest absolute Gasteiger partial charge is 0.396 e. The van der Waals surface area contributed by atoms with Crippen LogP contribution in [0, 0.1) is 0 Å². The molecular formula is C9H13ClN2O2S. The van der Waals surface area contributed by atoms with E-state index >= 15 is 0 Å². The highest BCUT2D eigenvalue weighted by Gasteiger charge is 2.04. The topological polar surface area (TPSA) is 72.2 Å².